The van der Waals surface area contributed by atoms with E-state index in [-0.39, 0.29) is 16.9 Å². The summed E-state index contributed by atoms with van der Waals surface area (Å²) < 4.78 is 46.3. The van der Waals surface area contributed by atoms with Gasteiger partial charge in [0.05, 0.1) is 12.0 Å². The maximum absolute atomic E-state index is 13.2. The Bertz CT molecular complexity index is 912. The third-order valence-corrected chi connectivity index (χ3v) is 6.71. The summed E-state index contributed by atoms with van der Waals surface area (Å²) >= 11 is 0. The Morgan fingerprint density at radius 1 is 1.00 bits per heavy atom. The summed E-state index contributed by atoms with van der Waals surface area (Å²) in [7, 11) is -2.39. The normalized spacial score (nSPS) is 12.5. The van der Waals surface area contributed by atoms with Gasteiger partial charge in [0, 0.05) is 12.5 Å². The maximum atomic E-state index is 13.2. The average molecular weight is 450 g/mol. The standard InChI is InChI=1S/C24H32FNO4S/c1-3-4-5-6-9-23(26-31(28,29)22-17-15-21(25)16-18-22)20-13-11-19(12-14-20)8-7-10-24(27)30-2/h11-18,23,26H,3-10H2,1-2H3. The SMILES string of the molecule is CCCCCCC(NS(=O)(=O)c1ccc(F)cc1)c1ccc(CCCC(=O)OC)cc1. The molecule has 0 bridgehead atoms. The molecule has 0 saturated carbocycles. The van der Waals surface area contributed by atoms with Crippen LogP contribution in [-0.4, -0.2) is 21.5 Å². The molecule has 0 spiro atoms. The molecule has 170 valence electrons. The largest absolute Gasteiger partial charge is 0.469 e. The van der Waals surface area contributed by atoms with Crippen LogP contribution in [0.2, 0.25) is 0 Å². The fourth-order valence-corrected chi connectivity index (χ4v) is 4.65. The highest BCUT2D eigenvalue weighted by molar-refractivity contribution is 7.89. The Morgan fingerprint density at radius 3 is 2.29 bits per heavy atom. The molecule has 2 aromatic carbocycles. The van der Waals surface area contributed by atoms with Crippen molar-refractivity contribution in [2.75, 3.05) is 7.11 Å². The van der Waals surface area contributed by atoms with Crippen LogP contribution < -0.4 is 4.72 Å². The zero-order valence-corrected chi connectivity index (χ0v) is 19.1. The van der Waals surface area contributed by atoms with Gasteiger partial charge in [-0.1, -0.05) is 56.9 Å². The highest BCUT2D eigenvalue weighted by atomic mass is 32.2. The summed E-state index contributed by atoms with van der Waals surface area (Å²) in [5, 5.41) is 0. The second-order valence-corrected chi connectivity index (χ2v) is 9.36. The van der Waals surface area contributed by atoms with Gasteiger partial charge in [0.15, 0.2) is 0 Å². The van der Waals surface area contributed by atoms with Gasteiger partial charge in [0.2, 0.25) is 10.0 Å². The minimum atomic E-state index is -3.77. The van der Waals surface area contributed by atoms with E-state index >= 15 is 0 Å². The van der Waals surface area contributed by atoms with Crippen molar-refractivity contribution in [3.63, 3.8) is 0 Å². The van der Waals surface area contributed by atoms with E-state index in [0.717, 1.165) is 55.4 Å². The first-order chi connectivity index (χ1) is 14.9. The number of esters is 1. The molecule has 0 radical (unpaired) electrons. The number of halogens is 1. The zero-order valence-electron chi connectivity index (χ0n) is 18.3. The van der Waals surface area contributed by atoms with Crippen LogP contribution in [0.4, 0.5) is 4.39 Å². The lowest BCUT2D eigenvalue weighted by Gasteiger charge is -2.20. The second-order valence-electron chi connectivity index (χ2n) is 7.65. The number of hydrogen-bond donors (Lipinski definition) is 1. The summed E-state index contributed by atoms with van der Waals surface area (Å²) in [5.74, 6) is -0.697. The van der Waals surface area contributed by atoms with Crippen molar-refractivity contribution in [2.45, 2.75) is 69.2 Å². The van der Waals surface area contributed by atoms with Crippen molar-refractivity contribution in [2.24, 2.45) is 0 Å². The second kappa shape index (κ2) is 12.6. The lowest BCUT2D eigenvalue weighted by molar-refractivity contribution is -0.140. The Labute approximate surface area is 185 Å². The smallest absolute Gasteiger partial charge is 0.305 e. The van der Waals surface area contributed by atoms with Crippen molar-refractivity contribution in [3.8, 4) is 0 Å². The number of methoxy groups -OCH3 is 1. The van der Waals surface area contributed by atoms with Gasteiger partial charge in [0.1, 0.15) is 5.82 Å². The van der Waals surface area contributed by atoms with Gasteiger partial charge >= 0.3 is 5.97 Å². The van der Waals surface area contributed by atoms with E-state index in [0.29, 0.717) is 19.3 Å². The fourth-order valence-electron chi connectivity index (χ4n) is 3.39. The van der Waals surface area contributed by atoms with Crippen molar-refractivity contribution >= 4 is 16.0 Å². The first kappa shape index (κ1) is 25.0. The van der Waals surface area contributed by atoms with E-state index in [9.17, 15) is 17.6 Å². The molecule has 0 aliphatic heterocycles. The summed E-state index contributed by atoms with van der Waals surface area (Å²) in [4.78, 5) is 11.3. The molecular formula is C24H32FNO4S. The number of rotatable bonds is 13. The first-order valence-corrected chi connectivity index (χ1v) is 12.3. The van der Waals surface area contributed by atoms with Crippen LogP contribution in [0.5, 0.6) is 0 Å². The molecule has 0 fully saturated rings. The van der Waals surface area contributed by atoms with Crippen LogP contribution in [0.3, 0.4) is 0 Å². The minimum Gasteiger partial charge on any atom is -0.469 e. The number of benzene rings is 2. The molecule has 1 N–H and O–H groups in total. The highest BCUT2D eigenvalue weighted by Gasteiger charge is 2.21. The van der Waals surface area contributed by atoms with Crippen LogP contribution in [0, 0.1) is 5.82 Å². The van der Waals surface area contributed by atoms with Crippen molar-refractivity contribution in [1.82, 2.24) is 4.72 Å². The summed E-state index contributed by atoms with van der Waals surface area (Å²) in [6, 6.07) is 12.3. The number of aryl methyl sites for hydroxylation is 1. The van der Waals surface area contributed by atoms with Gasteiger partial charge in [0.25, 0.3) is 0 Å². The number of carbonyl (C=O) groups excluding carboxylic acids is 1. The molecule has 0 amide bonds. The van der Waals surface area contributed by atoms with E-state index in [1.807, 2.05) is 24.3 Å². The van der Waals surface area contributed by atoms with E-state index in [1.165, 1.54) is 19.2 Å². The summed E-state index contributed by atoms with van der Waals surface area (Å²) in [5.41, 5.74) is 1.97. The lowest BCUT2D eigenvalue weighted by Crippen LogP contribution is -2.28. The molecular weight excluding hydrogens is 417 g/mol. The molecule has 0 aliphatic carbocycles. The predicted octanol–water partition coefficient (Wildman–Crippen LogP) is 5.31. The van der Waals surface area contributed by atoms with Crippen LogP contribution in [0.1, 0.15) is 69.0 Å². The first-order valence-electron chi connectivity index (χ1n) is 10.8. The maximum Gasteiger partial charge on any atom is 0.305 e. The molecule has 2 rings (SSSR count). The minimum absolute atomic E-state index is 0.0480. The van der Waals surface area contributed by atoms with Crippen molar-refractivity contribution in [3.05, 3.63) is 65.5 Å². The average Bonchev–Trinajstić information content (AvgIpc) is 2.76. The molecule has 31 heavy (non-hydrogen) atoms. The Balaban J connectivity index is 2.11. The van der Waals surface area contributed by atoms with E-state index < -0.39 is 15.8 Å². The summed E-state index contributed by atoms with van der Waals surface area (Å²) in [6.07, 6.45) is 6.66. The van der Waals surface area contributed by atoms with Gasteiger partial charge in [-0.15, -0.1) is 0 Å². The predicted molar refractivity (Wildman–Crippen MR) is 120 cm³/mol. The molecule has 0 aromatic heterocycles. The molecule has 0 aliphatic rings. The van der Waals surface area contributed by atoms with Gasteiger partial charge < -0.3 is 4.74 Å². The Kier molecular flexibility index (Phi) is 10.1. The van der Waals surface area contributed by atoms with Gasteiger partial charge in [-0.3, -0.25) is 4.79 Å². The van der Waals surface area contributed by atoms with Gasteiger partial charge in [-0.05, 0) is 54.7 Å². The summed E-state index contributed by atoms with van der Waals surface area (Å²) in [6.45, 7) is 2.13. The van der Waals surface area contributed by atoms with E-state index in [2.05, 4.69) is 16.4 Å². The Hall–Kier alpha value is -2.25. The molecule has 7 heteroatoms. The fraction of sp³-hybridized carbons (Fsp3) is 0.458. The number of hydrogen-bond acceptors (Lipinski definition) is 4. The monoisotopic (exact) mass is 449 g/mol. The molecule has 5 nitrogen and oxygen atoms in total. The van der Waals surface area contributed by atoms with Crippen LogP contribution in [0.15, 0.2) is 53.4 Å². The van der Waals surface area contributed by atoms with Crippen LogP contribution in [-0.2, 0) is 26.0 Å². The van der Waals surface area contributed by atoms with Gasteiger partial charge in [-0.2, -0.15) is 0 Å². The number of ether oxygens (including phenoxy) is 1. The Morgan fingerprint density at radius 2 is 1.68 bits per heavy atom. The molecule has 2 aromatic rings. The number of carbonyl (C=O) groups is 1. The van der Waals surface area contributed by atoms with Crippen LogP contribution >= 0.6 is 0 Å². The van der Waals surface area contributed by atoms with Crippen molar-refractivity contribution in [1.29, 1.82) is 0 Å². The lowest BCUT2D eigenvalue weighted by atomic mass is 9.98. The topological polar surface area (TPSA) is 72.5 Å². The molecule has 1 unspecified atom stereocenters. The third kappa shape index (κ3) is 8.42. The molecule has 0 heterocycles. The zero-order chi connectivity index (χ0) is 22.7. The third-order valence-electron chi connectivity index (χ3n) is 5.22. The van der Waals surface area contributed by atoms with E-state index in [1.54, 1.807) is 0 Å². The van der Waals surface area contributed by atoms with Crippen molar-refractivity contribution < 1.29 is 22.3 Å². The number of sulfonamides is 1. The number of nitrogens with one attached hydrogen (secondary N) is 1. The quantitative estimate of drug-likeness (QED) is 0.332. The highest BCUT2D eigenvalue weighted by Crippen LogP contribution is 2.24. The van der Waals surface area contributed by atoms with Gasteiger partial charge in [-0.25, -0.2) is 17.5 Å². The molecule has 0 saturated heterocycles. The number of unbranched alkanes of at least 4 members (excludes halogenated alkanes) is 3. The van der Waals surface area contributed by atoms with E-state index in [4.69, 9.17) is 0 Å². The van der Waals surface area contributed by atoms with Crippen LogP contribution in [0.25, 0.3) is 0 Å². The molecule has 1 atom stereocenters.